The molecule has 2 aromatic rings. The summed E-state index contributed by atoms with van der Waals surface area (Å²) in [5, 5.41) is 9.49. The maximum Gasteiger partial charge on any atom is 0.150 e. The zero-order valence-electron chi connectivity index (χ0n) is 8.85. The van der Waals surface area contributed by atoms with E-state index in [4.69, 9.17) is 16.9 Å². The average Bonchev–Trinajstić information content (AvgIpc) is 2.39. The monoisotopic (exact) mass is 241 g/mol. The molecule has 0 aliphatic heterocycles. The average molecular weight is 242 g/mol. The van der Waals surface area contributed by atoms with Crippen LogP contribution in [0.5, 0.6) is 0 Å². The van der Waals surface area contributed by atoms with Gasteiger partial charge in [0.2, 0.25) is 0 Å². The lowest BCUT2D eigenvalue weighted by Gasteiger charge is -2.05. The first-order chi connectivity index (χ1) is 8.24. The van der Waals surface area contributed by atoms with Crippen molar-refractivity contribution >= 4 is 17.9 Å². The first-order valence-electron chi connectivity index (χ1n) is 5.00. The normalized spacial score (nSPS) is 9.65. The maximum atomic E-state index is 11.0. The SMILES string of the molecule is N#Cc1ccc(C=O)c(-c2ccc(Cl)cc2)c1. The number of benzene rings is 2. The molecule has 0 fully saturated rings. The van der Waals surface area contributed by atoms with Gasteiger partial charge in [0.15, 0.2) is 6.29 Å². The van der Waals surface area contributed by atoms with Gasteiger partial charge in [-0.25, -0.2) is 0 Å². The topological polar surface area (TPSA) is 40.9 Å². The van der Waals surface area contributed by atoms with Crippen molar-refractivity contribution in [2.75, 3.05) is 0 Å². The molecule has 2 nitrogen and oxygen atoms in total. The summed E-state index contributed by atoms with van der Waals surface area (Å²) in [6, 6.07) is 14.2. The molecule has 0 saturated carbocycles. The Morgan fingerprint density at radius 3 is 2.41 bits per heavy atom. The van der Waals surface area contributed by atoms with Crippen molar-refractivity contribution < 1.29 is 4.79 Å². The molecule has 0 spiro atoms. The van der Waals surface area contributed by atoms with Crippen LogP contribution in [-0.4, -0.2) is 6.29 Å². The quantitative estimate of drug-likeness (QED) is 0.753. The molecule has 0 aliphatic rings. The van der Waals surface area contributed by atoms with E-state index >= 15 is 0 Å². The van der Waals surface area contributed by atoms with Crippen LogP contribution in [-0.2, 0) is 0 Å². The van der Waals surface area contributed by atoms with Gasteiger partial charge in [-0.3, -0.25) is 4.79 Å². The smallest absolute Gasteiger partial charge is 0.150 e. The first kappa shape index (κ1) is 11.4. The van der Waals surface area contributed by atoms with Crippen molar-refractivity contribution in [3.63, 3.8) is 0 Å². The number of nitriles is 1. The number of aldehydes is 1. The van der Waals surface area contributed by atoms with Gasteiger partial charge in [-0.15, -0.1) is 0 Å². The van der Waals surface area contributed by atoms with Crippen molar-refractivity contribution in [1.82, 2.24) is 0 Å². The summed E-state index contributed by atoms with van der Waals surface area (Å²) < 4.78 is 0. The molecular formula is C14H8ClNO. The summed E-state index contributed by atoms with van der Waals surface area (Å²) in [5.41, 5.74) is 2.70. The molecule has 3 heteroatoms. The van der Waals surface area contributed by atoms with E-state index in [0.29, 0.717) is 16.1 Å². The van der Waals surface area contributed by atoms with Crippen LogP contribution in [0.15, 0.2) is 42.5 Å². The lowest BCUT2D eigenvalue weighted by atomic mass is 9.98. The maximum absolute atomic E-state index is 11.0. The lowest BCUT2D eigenvalue weighted by Crippen LogP contribution is -1.89. The van der Waals surface area contributed by atoms with E-state index < -0.39 is 0 Å². The van der Waals surface area contributed by atoms with E-state index in [-0.39, 0.29) is 0 Å². The van der Waals surface area contributed by atoms with Crippen molar-refractivity contribution in [3.05, 3.63) is 58.6 Å². The highest BCUT2D eigenvalue weighted by molar-refractivity contribution is 6.30. The van der Waals surface area contributed by atoms with Gasteiger partial charge in [-0.1, -0.05) is 23.7 Å². The molecule has 0 atom stereocenters. The zero-order valence-corrected chi connectivity index (χ0v) is 9.61. The molecule has 17 heavy (non-hydrogen) atoms. The molecule has 0 amide bonds. The van der Waals surface area contributed by atoms with Crippen LogP contribution in [0.3, 0.4) is 0 Å². The number of halogens is 1. The number of rotatable bonds is 2. The largest absolute Gasteiger partial charge is 0.298 e. The minimum Gasteiger partial charge on any atom is -0.298 e. The summed E-state index contributed by atoms with van der Waals surface area (Å²) in [4.78, 5) is 11.0. The number of nitrogens with zero attached hydrogens (tertiary/aromatic N) is 1. The number of hydrogen-bond donors (Lipinski definition) is 0. The third-order valence-corrected chi connectivity index (χ3v) is 2.72. The Morgan fingerprint density at radius 2 is 1.82 bits per heavy atom. The Labute approximate surface area is 104 Å². The van der Waals surface area contributed by atoms with Crippen molar-refractivity contribution in [3.8, 4) is 17.2 Å². The number of carbonyl (C=O) groups excluding carboxylic acids is 1. The van der Waals surface area contributed by atoms with Crippen LogP contribution in [0.1, 0.15) is 15.9 Å². The second kappa shape index (κ2) is 4.82. The van der Waals surface area contributed by atoms with Gasteiger partial charge in [0.1, 0.15) is 0 Å². The first-order valence-corrected chi connectivity index (χ1v) is 5.37. The minimum atomic E-state index is 0.528. The molecule has 0 heterocycles. The van der Waals surface area contributed by atoms with Crippen LogP contribution in [0.25, 0.3) is 11.1 Å². The fourth-order valence-electron chi connectivity index (χ4n) is 1.61. The van der Waals surface area contributed by atoms with Crippen molar-refractivity contribution in [1.29, 1.82) is 5.26 Å². The minimum absolute atomic E-state index is 0.528. The summed E-state index contributed by atoms with van der Waals surface area (Å²) in [6.07, 6.45) is 0.783. The molecular weight excluding hydrogens is 234 g/mol. The summed E-state index contributed by atoms with van der Waals surface area (Å²) in [5.74, 6) is 0. The molecule has 0 saturated heterocycles. The predicted octanol–water partition coefficient (Wildman–Crippen LogP) is 3.69. The van der Waals surface area contributed by atoms with E-state index in [9.17, 15) is 4.79 Å². The molecule has 0 N–H and O–H groups in total. The molecule has 2 rings (SSSR count). The predicted molar refractivity (Wildman–Crippen MR) is 67.0 cm³/mol. The van der Waals surface area contributed by atoms with Gasteiger partial charge in [0.25, 0.3) is 0 Å². The van der Waals surface area contributed by atoms with E-state index in [0.717, 1.165) is 17.4 Å². The van der Waals surface area contributed by atoms with Gasteiger partial charge in [0, 0.05) is 10.6 Å². The fraction of sp³-hybridized carbons (Fsp3) is 0. The standard InChI is InChI=1S/C14H8ClNO/c15-13-5-3-11(4-6-13)14-7-10(8-16)1-2-12(14)9-17/h1-7,9H. The van der Waals surface area contributed by atoms with E-state index in [1.54, 1.807) is 30.3 Å². The fourth-order valence-corrected chi connectivity index (χ4v) is 1.73. The van der Waals surface area contributed by atoms with Crippen molar-refractivity contribution in [2.24, 2.45) is 0 Å². The summed E-state index contributed by atoms with van der Waals surface area (Å²) >= 11 is 5.81. The van der Waals surface area contributed by atoms with Gasteiger partial charge >= 0.3 is 0 Å². The Hall–Kier alpha value is -2.11. The molecule has 0 unspecified atom stereocenters. The Balaban J connectivity index is 2.60. The van der Waals surface area contributed by atoms with Crippen LogP contribution < -0.4 is 0 Å². The van der Waals surface area contributed by atoms with Gasteiger partial charge in [-0.2, -0.15) is 5.26 Å². The Bertz CT molecular complexity index is 597. The lowest BCUT2D eigenvalue weighted by molar-refractivity contribution is 0.112. The summed E-state index contributed by atoms with van der Waals surface area (Å²) in [7, 11) is 0. The van der Waals surface area contributed by atoms with Gasteiger partial charge < -0.3 is 0 Å². The van der Waals surface area contributed by atoms with Crippen LogP contribution in [0.4, 0.5) is 0 Å². The number of carbonyl (C=O) groups is 1. The van der Waals surface area contributed by atoms with Gasteiger partial charge in [0.05, 0.1) is 11.6 Å². The second-order valence-corrected chi connectivity index (χ2v) is 3.98. The Kier molecular flexibility index (Phi) is 3.22. The van der Waals surface area contributed by atoms with E-state index in [1.807, 2.05) is 12.1 Å². The van der Waals surface area contributed by atoms with E-state index in [1.165, 1.54) is 0 Å². The summed E-state index contributed by atoms with van der Waals surface area (Å²) in [6.45, 7) is 0. The third-order valence-electron chi connectivity index (χ3n) is 2.46. The second-order valence-electron chi connectivity index (χ2n) is 3.54. The van der Waals surface area contributed by atoms with Gasteiger partial charge in [-0.05, 0) is 41.5 Å². The Morgan fingerprint density at radius 1 is 1.12 bits per heavy atom. The number of hydrogen-bond acceptors (Lipinski definition) is 2. The van der Waals surface area contributed by atoms with E-state index in [2.05, 4.69) is 6.07 Å². The van der Waals surface area contributed by atoms with Crippen LogP contribution in [0.2, 0.25) is 5.02 Å². The molecule has 0 radical (unpaired) electrons. The molecule has 0 aliphatic carbocycles. The third kappa shape index (κ3) is 2.35. The molecule has 2 aromatic carbocycles. The molecule has 0 aromatic heterocycles. The highest BCUT2D eigenvalue weighted by Gasteiger charge is 2.05. The zero-order chi connectivity index (χ0) is 12.3. The highest BCUT2D eigenvalue weighted by atomic mass is 35.5. The van der Waals surface area contributed by atoms with Crippen LogP contribution in [0, 0.1) is 11.3 Å². The van der Waals surface area contributed by atoms with Crippen molar-refractivity contribution in [2.45, 2.75) is 0 Å². The highest BCUT2D eigenvalue weighted by Crippen LogP contribution is 2.25. The van der Waals surface area contributed by atoms with Crippen LogP contribution >= 0.6 is 11.6 Å². The molecule has 0 bridgehead atoms. The molecule has 82 valence electrons.